The van der Waals surface area contributed by atoms with Crippen molar-refractivity contribution in [2.75, 3.05) is 12.4 Å². The number of H-pyrrole nitrogens is 2. The molecule has 0 fully saturated rings. The van der Waals surface area contributed by atoms with Gasteiger partial charge in [-0.25, -0.2) is 0 Å². The third kappa shape index (κ3) is 3.61. The minimum absolute atomic E-state index is 0.201. The van der Waals surface area contributed by atoms with Gasteiger partial charge in [-0.1, -0.05) is 18.2 Å². The number of aromatic nitrogens is 3. The van der Waals surface area contributed by atoms with E-state index in [0.717, 1.165) is 44.3 Å². The Bertz CT molecular complexity index is 1560. The number of aromatic amines is 2. The Labute approximate surface area is 200 Å². The van der Waals surface area contributed by atoms with E-state index in [2.05, 4.69) is 25.8 Å². The molecule has 6 rings (SSSR count). The molecular weight excluding hydrogens is 444 g/mol. The van der Waals surface area contributed by atoms with Crippen LogP contribution >= 0.6 is 0 Å². The Balaban J connectivity index is 1.28. The molecule has 0 aliphatic carbocycles. The van der Waals surface area contributed by atoms with E-state index in [0.29, 0.717) is 19.5 Å². The Morgan fingerprint density at radius 1 is 1.17 bits per heavy atom. The summed E-state index contributed by atoms with van der Waals surface area (Å²) in [6.45, 7) is 0.693. The lowest BCUT2D eigenvalue weighted by Crippen LogP contribution is -2.52. The first-order valence-corrected chi connectivity index (χ1v) is 11.5. The minimum Gasteiger partial charge on any atom is -0.459 e. The van der Waals surface area contributed by atoms with Crippen LogP contribution in [0.2, 0.25) is 0 Å². The van der Waals surface area contributed by atoms with Gasteiger partial charge in [0.25, 0.3) is 5.91 Å². The first-order chi connectivity index (χ1) is 17.1. The Hall–Kier alpha value is -4.53. The topological polar surface area (TPSA) is 119 Å². The number of likely N-dealkylation sites (N-methyl/N-ethyl adjacent to an activating group) is 1. The Kier molecular flexibility index (Phi) is 5.02. The zero-order valence-electron chi connectivity index (χ0n) is 19.1. The summed E-state index contributed by atoms with van der Waals surface area (Å²) in [7, 11) is 1.59. The number of amides is 2. The number of furan rings is 1. The number of hydrogen-bond donors (Lipinski definition) is 4. The molecule has 176 valence electrons. The monoisotopic (exact) mass is 468 g/mol. The summed E-state index contributed by atoms with van der Waals surface area (Å²) in [5, 5.41) is 15.2. The fourth-order valence-electron chi connectivity index (χ4n) is 4.86. The van der Waals surface area contributed by atoms with Crippen LogP contribution in [0, 0.1) is 0 Å². The fraction of sp³-hybridized carbons (Fsp3) is 0.192. The summed E-state index contributed by atoms with van der Waals surface area (Å²) in [5.74, 6) is -0.282. The predicted molar refractivity (Wildman–Crippen MR) is 132 cm³/mol. The van der Waals surface area contributed by atoms with Gasteiger partial charge in [-0.2, -0.15) is 5.10 Å². The van der Waals surface area contributed by atoms with Crippen LogP contribution in [0.3, 0.4) is 0 Å². The standard InChI is InChI=1S/C26H24N6O3/c1-27-25(33)23-11-19-18-4-2-3-5-20(18)30-22(19)14-32(23)26(34)24-16(8-9-35-24)12-28-17-7-6-15-13-29-31-21(15)10-17/h2-10,13,23,28,30H,11-12,14H2,1H3,(H,27,33)(H,29,31). The minimum atomic E-state index is -0.632. The van der Waals surface area contributed by atoms with Crippen molar-refractivity contribution in [2.45, 2.75) is 25.6 Å². The number of hydrogen-bond acceptors (Lipinski definition) is 5. The van der Waals surface area contributed by atoms with Gasteiger partial charge in [-0.05, 0) is 35.9 Å². The third-order valence-electron chi connectivity index (χ3n) is 6.68. The van der Waals surface area contributed by atoms with Crippen molar-refractivity contribution in [3.05, 3.63) is 83.6 Å². The molecule has 0 spiro atoms. The summed E-state index contributed by atoms with van der Waals surface area (Å²) >= 11 is 0. The quantitative estimate of drug-likeness (QED) is 0.315. The van der Waals surface area contributed by atoms with Gasteiger partial charge >= 0.3 is 0 Å². The number of carbonyl (C=O) groups is 2. The molecule has 9 nitrogen and oxygen atoms in total. The van der Waals surface area contributed by atoms with Crippen LogP contribution in [-0.4, -0.2) is 45.0 Å². The number of carbonyl (C=O) groups excluding carboxylic acids is 2. The molecular formula is C26H24N6O3. The van der Waals surface area contributed by atoms with Crippen molar-refractivity contribution in [1.29, 1.82) is 0 Å². The van der Waals surface area contributed by atoms with E-state index in [9.17, 15) is 9.59 Å². The molecule has 0 saturated heterocycles. The van der Waals surface area contributed by atoms with Crippen LogP contribution in [0.15, 0.2) is 65.4 Å². The molecule has 4 N–H and O–H groups in total. The highest BCUT2D eigenvalue weighted by molar-refractivity contribution is 5.98. The average molecular weight is 469 g/mol. The second-order valence-corrected chi connectivity index (χ2v) is 8.70. The molecule has 2 aromatic carbocycles. The van der Waals surface area contributed by atoms with Crippen LogP contribution < -0.4 is 10.6 Å². The highest BCUT2D eigenvalue weighted by Gasteiger charge is 2.38. The number of nitrogens with one attached hydrogen (secondary N) is 4. The van der Waals surface area contributed by atoms with Crippen molar-refractivity contribution < 1.29 is 14.0 Å². The van der Waals surface area contributed by atoms with E-state index in [-0.39, 0.29) is 17.6 Å². The largest absolute Gasteiger partial charge is 0.459 e. The van der Waals surface area contributed by atoms with Crippen molar-refractivity contribution >= 4 is 39.3 Å². The number of rotatable bonds is 5. The van der Waals surface area contributed by atoms with E-state index >= 15 is 0 Å². The van der Waals surface area contributed by atoms with E-state index in [1.165, 1.54) is 6.26 Å². The molecule has 4 heterocycles. The van der Waals surface area contributed by atoms with Crippen molar-refractivity contribution in [3.63, 3.8) is 0 Å². The maximum atomic E-state index is 13.7. The van der Waals surface area contributed by atoms with Gasteiger partial charge in [0.15, 0.2) is 5.76 Å². The van der Waals surface area contributed by atoms with E-state index < -0.39 is 6.04 Å². The van der Waals surface area contributed by atoms with Gasteiger partial charge in [0.05, 0.1) is 24.5 Å². The zero-order valence-corrected chi connectivity index (χ0v) is 19.1. The molecule has 1 aliphatic heterocycles. The molecule has 1 aliphatic rings. The summed E-state index contributed by atoms with van der Waals surface area (Å²) in [6, 6.07) is 15.0. The lowest BCUT2D eigenvalue weighted by molar-refractivity contribution is -0.125. The molecule has 3 aromatic heterocycles. The SMILES string of the molecule is CNC(=O)C1Cc2c([nH]c3ccccc23)CN1C(=O)c1occc1CNc1ccc2cn[nH]c2c1. The number of para-hydroxylation sites is 1. The van der Waals surface area contributed by atoms with Gasteiger partial charge in [0.2, 0.25) is 5.91 Å². The number of benzene rings is 2. The number of anilines is 1. The summed E-state index contributed by atoms with van der Waals surface area (Å²) in [4.78, 5) is 31.5. The second kappa shape index (κ2) is 8.35. The molecule has 0 radical (unpaired) electrons. The van der Waals surface area contributed by atoms with Crippen molar-refractivity contribution in [1.82, 2.24) is 25.4 Å². The Morgan fingerprint density at radius 3 is 2.94 bits per heavy atom. The highest BCUT2D eigenvalue weighted by atomic mass is 16.3. The highest BCUT2D eigenvalue weighted by Crippen LogP contribution is 2.32. The molecule has 1 unspecified atom stereocenters. The van der Waals surface area contributed by atoms with E-state index in [1.54, 1.807) is 24.2 Å². The van der Waals surface area contributed by atoms with Crippen molar-refractivity contribution in [2.24, 2.45) is 0 Å². The first kappa shape index (κ1) is 21.0. The first-order valence-electron chi connectivity index (χ1n) is 11.5. The molecule has 9 heteroatoms. The van der Waals surface area contributed by atoms with Gasteiger partial charge in [-0.3, -0.25) is 14.7 Å². The van der Waals surface area contributed by atoms with Crippen molar-refractivity contribution in [3.8, 4) is 0 Å². The maximum absolute atomic E-state index is 13.7. The molecule has 1 atom stereocenters. The van der Waals surface area contributed by atoms with Crippen LogP contribution in [0.1, 0.15) is 27.4 Å². The summed E-state index contributed by atoms with van der Waals surface area (Å²) in [5.41, 5.74) is 5.56. The normalized spacial score (nSPS) is 15.3. The smallest absolute Gasteiger partial charge is 0.290 e. The van der Waals surface area contributed by atoms with E-state index in [4.69, 9.17) is 4.42 Å². The van der Waals surface area contributed by atoms with Crippen LogP contribution in [0.25, 0.3) is 21.8 Å². The predicted octanol–water partition coefficient (Wildman–Crippen LogP) is 3.56. The molecule has 5 aromatic rings. The summed E-state index contributed by atoms with van der Waals surface area (Å²) in [6.07, 6.45) is 3.71. The zero-order chi connectivity index (χ0) is 23.9. The molecule has 35 heavy (non-hydrogen) atoms. The third-order valence-corrected chi connectivity index (χ3v) is 6.68. The van der Waals surface area contributed by atoms with Gasteiger partial charge in [-0.15, -0.1) is 0 Å². The Morgan fingerprint density at radius 2 is 2.06 bits per heavy atom. The fourth-order valence-corrected chi connectivity index (χ4v) is 4.86. The lowest BCUT2D eigenvalue weighted by atomic mass is 9.95. The average Bonchev–Trinajstić information content (AvgIpc) is 3.63. The van der Waals surface area contributed by atoms with Gasteiger partial charge < -0.3 is 24.9 Å². The maximum Gasteiger partial charge on any atom is 0.290 e. The molecule has 2 amide bonds. The van der Waals surface area contributed by atoms with E-state index in [1.807, 2.05) is 42.5 Å². The number of nitrogens with zero attached hydrogens (tertiary/aromatic N) is 2. The lowest BCUT2D eigenvalue weighted by Gasteiger charge is -2.34. The number of fused-ring (bicyclic) bond motifs is 4. The summed E-state index contributed by atoms with van der Waals surface area (Å²) < 4.78 is 5.65. The van der Waals surface area contributed by atoms with Gasteiger partial charge in [0.1, 0.15) is 6.04 Å². The molecule has 0 bridgehead atoms. The van der Waals surface area contributed by atoms with Gasteiger partial charge in [0, 0.05) is 53.2 Å². The van der Waals surface area contributed by atoms with Crippen LogP contribution in [0.5, 0.6) is 0 Å². The van der Waals surface area contributed by atoms with Crippen LogP contribution in [-0.2, 0) is 24.3 Å². The van der Waals surface area contributed by atoms with Crippen LogP contribution in [0.4, 0.5) is 5.69 Å². The second-order valence-electron chi connectivity index (χ2n) is 8.70. The molecule has 0 saturated carbocycles.